The molecule has 2 heterocycles. The Kier molecular flexibility index (Phi) is 2.48. The summed E-state index contributed by atoms with van der Waals surface area (Å²) in [5, 5.41) is 3.09. The molecule has 2 fully saturated rings. The number of likely N-dealkylation sites (tertiary alicyclic amines) is 1. The van der Waals surface area contributed by atoms with Crippen LogP contribution in [0.2, 0.25) is 0 Å². The maximum absolute atomic E-state index is 11.9. The van der Waals surface area contributed by atoms with Crippen LogP contribution in [0.5, 0.6) is 0 Å². The molecule has 3 N–H and O–H groups in total. The third kappa shape index (κ3) is 1.63. The van der Waals surface area contributed by atoms with Gasteiger partial charge in [0, 0.05) is 25.2 Å². The van der Waals surface area contributed by atoms with Crippen LogP contribution in [0, 0.1) is 0 Å². The van der Waals surface area contributed by atoms with E-state index in [2.05, 4.69) is 5.32 Å². The SMILES string of the molecule is CC(C(=O)N1CCC1C(N)=O)=C1CNC1. The number of carbonyl (C=O) groups is 2. The van der Waals surface area contributed by atoms with Crippen molar-refractivity contribution in [3.63, 3.8) is 0 Å². The van der Waals surface area contributed by atoms with E-state index in [9.17, 15) is 9.59 Å². The quantitative estimate of drug-likeness (QED) is 0.572. The highest BCUT2D eigenvalue weighted by molar-refractivity contribution is 5.98. The average Bonchev–Trinajstić information content (AvgIpc) is 1.96. The van der Waals surface area contributed by atoms with E-state index in [1.54, 1.807) is 4.90 Å². The van der Waals surface area contributed by atoms with Gasteiger partial charge in [0.05, 0.1) is 0 Å². The van der Waals surface area contributed by atoms with E-state index in [-0.39, 0.29) is 11.9 Å². The molecule has 0 aromatic rings. The highest BCUT2D eigenvalue weighted by Gasteiger charge is 2.37. The van der Waals surface area contributed by atoms with Crippen LogP contribution in [0.25, 0.3) is 0 Å². The van der Waals surface area contributed by atoms with Gasteiger partial charge in [0.1, 0.15) is 6.04 Å². The largest absolute Gasteiger partial charge is 0.368 e. The summed E-state index contributed by atoms with van der Waals surface area (Å²) >= 11 is 0. The zero-order valence-electron chi connectivity index (χ0n) is 8.75. The van der Waals surface area contributed by atoms with Crippen molar-refractivity contribution in [2.45, 2.75) is 19.4 Å². The standard InChI is InChI=1S/C10H15N3O2/c1-6(7-4-12-5-7)10(15)13-3-2-8(13)9(11)14/h8,12H,2-5H2,1H3,(H2,11,14). The number of amides is 2. The second-order valence-electron chi connectivity index (χ2n) is 4.04. The summed E-state index contributed by atoms with van der Waals surface area (Å²) in [5.41, 5.74) is 7.09. The van der Waals surface area contributed by atoms with Crippen molar-refractivity contribution in [1.29, 1.82) is 0 Å². The van der Waals surface area contributed by atoms with Crippen LogP contribution in [-0.4, -0.2) is 42.4 Å². The number of rotatable bonds is 2. The molecule has 5 nitrogen and oxygen atoms in total. The Morgan fingerprint density at radius 2 is 2.13 bits per heavy atom. The molecule has 0 aromatic carbocycles. The first-order valence-corrected chi connectivity index (χ1v) is 5.11. The molecule has 2 aliphatic rings. The summed E-state index contributed by atoms with van der Waals surface area (Å²) in [6.07, 6.45) is 0.696. The minimum Gasteiger partial charge on any atom is -0.368 e. The van der Waals surface area contributed by atoms with E-state index >= 15 is 0 Å². The Hall–Kier alpha value is -1.36. The van der Waals surface area contributed by atoms with E-state index in [0.717, 1.165) is 24.2 Å². The average molecular weight is 209 g/mol. The van der Waals surface area contributed by atoms with Crippen molar-refractivity contribution in [2.75, 3.05) is 19.6 Å². The third-order valence-corrected chi connectivity index (χ3v) is 3.14. The molecule has 0 aliphatic carbocycles. The van der Waals surface area contributed by atoms with E-state index in [0.29, 0.717) is 13.0 Å². The monoisotopic (exact) mass is 209 g/mol. The van der Waals surface area contributed by atoms with Crippen LogP contribution < -0.4 is 11.1 Å². The minimum atomic E-state index is -0.404. The predicted octanol–water partition coefficient (Wildman–Crippen LogP) is -1.01. The summed E-state index contributed by atoms with van der Waals surface area (Å²) in [6, 6.07) is -0.388. The van der Waals surface area contributed by atoms with Gasteiger partial charge in [-0.15, -0.1) is 0 Å². The van der Waals surface area contributed by atoms with E-state index < -0.39 is 5.91 Å². The fourth-order valence-corrected chi connectivity index (χ4v) is 1.81. The summed E-state index contributed by atoms with van der Waals surface area (Å²) < 4.78 is 0. The molecule has 2 aliphatic heterocycles. The topological polar surface area (TPSA) is 75.4 Å². The fourth-order valence-electron chi connectivity index (χ4n) is 1.81. The van der Waals surface area contributed by atoms with E-state index in [1.807, 2.05) is 6.92 Å². The maximum atomic E-state index is 11.9. The van der Waals surface area contributed by atoms with Crippen LogP contribution in [-0.2, 0) is 9.59 Å². The Morgan fingerprint density at radius 3 is 2.47 bits per heavy atom. The molecular weight excluding hydrogens is 194 g/mol. The highest BCUT2D eigenvalue weighted by atomic mass is 16.2. The van der Waals surface area contributed by atoms with Crippen LogP contribution in [0.4, 0.5) is 0 Å². The van der Waals surface area contributed by atoms with Crippen molar-refractivity contribution in [2.24, 2.45) is 5.73 Å². The number of nitrogens with two attached hydrogens (primary N) is 1. The lowest BCUT2D eigenvalue weighted by atomic mass is 9.97. The Balaban J connectivity index is 2.05. The molecule has 0 bridgehead atoms. The van der Waals surface area contributed by atoms with Crippen LogP contribution in [0.3, 0.4) is 0 Å². The first kappa shape index (κ1) is 10.2. The molecule has 0 aromatic heterocycles. The Bertz CT molecular complexity index is 343. The zero-order valence-corrected chi connectivity index (χ0v) is 8.75. The first-order chi connectivity index (χ1) is 7.11. The number of nitrogens with zero attached hydrogens (tertiary/aromatic N) is 1. The highest BCUT2D eigenvalue weighted by Crippen LogP contribution is 2.21. The second-order valence-corrected chi connectivity index (χ2v) is 4.04. The van der Waals surface area contributed by atoms with Gasteiger partial charge >= 0.3 is 0 Å². The molecule has 0 spiro atoms. The molecule has 15 heavy (non-hydrogen) atoms. The van der Waals surface area contributed by atoms with Gasteiger partial charge in [-0.3, -0.25) is 9.59 Å². The molecule has 82 valence electrons. The predicted molar refractivity (Wildman–Crippen MR) is 54.9 cm³/mol. The van der Waals surface area contributed by atoms with Crippen molar-refractivity contribution in [1.82, 2.24) is 10.2 Å². The summed E-state index contributed by atoms with van der Waals surface area (Å²) in [4.78, 5) is 24.4. The molecule has 1 unspecified atom stereocenters. The lowest BCUT2D eigenvalue weighted by molar-refractivity contribution is -0.142. The van der Waals surface area contributed by atoms with Crippen molar-refractivity contribution >= 4 is 11.8 Å². The molecular formula is C10H15N3O2. The van der Waals surface area contributed by atoms with Crippen LogP contribution in [0.15, 0.2) is 11.1 Å². The fraction of sp³-hybridized carbons (Fsp3) is 0.600. The van der Waals surface area contributed by atoms with Gasteiger partial charge < -0.3 is 16.0 Å². The molecule has 2 saturated heterocycles. The molecule has 5 heteroatoms. The zero-order chi connectivity index (χ0) is 11.0. The Morgan fingerprint density at radius 1 is 1.47 bits per heavy atom. The van der Waals surface area contributed by atoms with Gasteiger partial charge in [0.15, 0.2) is 0 Å². The number of hydrogen-bond donors (Lipinski definition) is 2. The summed E-state index contributed by atoms with van der Waals surface area (Å²) in [5.74, 6) is -0.444. The van der Waals surface area contributed by atoms with Gasteiger partial charge in [-0.1, -0.05) is 0 Å². The first-order valence-electron chi connectivity index (χ1n) is 5.11. The molecule has 0 saturated carbocycles. The Labute approximate surface area is 88.3 Å². The van der Waals surface area contributed by atoms with Gasteiger partial charge in [-0.25, -0.2) is 0 Å². The van der Waals surface area contributed by atoms with Crippen LogP contribution >= 0.6 is 0 Å². The molecule has 2 rings (SSSR count). The minimum absolute atomic E-state index is 0.0402. The lowest BCUT2D eigenvalue weighted by Crippen LogP contribution is -2.57. The van der Waals surface area contributed by atoms with Crippen molar-refractivity contribution in [3.8, 4) is 0 Å². The molecule has 1 atom stereocenters. The smallest absolute Gasteiger partial charge is 0.250 e. The van der Waals surface area contributed by atoms with E-state index in [4.69, 9.17) is 5.73 Å². The molecule has 0 radical (unpaired) electrons. The van der Waals surface area contributed by atoms with Gasteiger partial charge in [0.2, 0.25) is 11.8 Å². The van der Waals surface area contributed by atoms with Crippen LogP contribution in [0.1, 0.15) is 13.3 Å². The van der Waals surface area contributed by atoms with Gasteiger partial charge in [-0.05, 0) is 18.9 Å². The number of hydrogen-bond acceptors (Lipinski definition) is 3. The third-order valence-electron chi connectivity index (χ3n) is 3.14. The maximum Gasteiger partial charge on any atom is 0.250 e. The number of nitrogens with one attached hydrogen (secondary N) is 1. The summed E-state index contributed by atoms with van der Waals surface area (Å²) in [6.45, 7) is 4.03. The normalized spacial score (nSPS) is 24.2. The lowest BCUT2D eigenvalue weighted by Gasteiger charge is -2.39. The number of primary amides is 1. The second kappa shape index (κ2) is 3.66. The van der Waals surface area contributed by atoms with Gasteiger partial charge in [-0.2, -0.15) is 0 Å². The van der Waals surface area contributed by atoms with Crippen molar-refractivity contribution < 1.29 is 9.59 Å². The van der Waals surface area contributed by atoms with Crippen molar-refractivity contribution in [3.05, 3.63) is 11.1 Å². The summed E-state index contributed by atoms with van der Waals surface area (Å²) in [7, 11) is 0. The molecule has 2 amide bonds. The van der Waals surface area contributed by atoms with E-state index in [1.165, 1.54) is 0 Å². The van der Waals surface area contributed by atoms with Gasteiger partial charge in [0.25, 0.3) is 0 Å². The number of carbonyl (C=O) groups excluding carboxylic acids is 2.